The molecule has 6 heteroatoms. The Hall–Kier alpha value is -3.14. The average molecular weight is 302 g/mol. The summed E-state index contributed by atoms with van der Waals surface area (Å²) in [6, 6.07) is 6.69. The number of benzene rings is 1. The monoisotopic (exact) mass is 302 g/mol. The van der Waals surface area contributed by atoms with Gasteiger partial charge < -0.3 is 16.4 Å². The van der Waals surface area contributed by atoms with Gasteiger partial charge in [-0.15, -0.1) is 0 Å². The lowest BCUT2D eigenvalue weighted by atomic mass is 9.87. The number of nitrogens with zero attached hydrogens (tertiary/aromatic N) is 1. The molecule has 0 saturated heterocycles. The third-order valence-corrected chi connectivity index (χ3v) is 2.24. The van der Waals surface area contributed by atoms with Crippen LogP contribution in [-0.4, -0.2) is 15.1 Å². The zero-order chi connectivity index (χ0) is 16.3. The van der Waals surface area contributed by atoms with Crippen LogP contribution >= 0.6 is 0 Å². The van der Waals surface area contributed by atoms with E-state index in [0.717, 1.165) is 5.56 Å². The zero-order valence-corrected chi connectivity index (χ0v) is 12.7. The summed E-state index contributed by atoms with van der Waals surface area (Å²) < 4.78 is 0. The van der Waals surface area contributed by atoms with Crippen LogP contribution in [0.15, 0.2) is 24.3 Å². The molecule has 0 atom stereocenters. The van der Waals surface area contributed by atoms with Crippen molar-refractivity contribution < 1.29 is 15.1 Å². The Kier molecular flexibility index (Phi) is 10.2. The number of nitro groups is 1. The van der Waals surface area contributed by atoms with E-state index in [2.05, 4.69) is 32.6 Å². The smallest absolute Gasteiger partial charge is 0.269 e. The molecule has 5 N–H and O–H groups in total. The van der Waals surface area contributed by atoms with Crippen molar-refractivity contribution in [3.05, 3.63) is 39.9 Å². The van der Waals surface area contributed by atoms with Crippen LogP contribution in [-0.2, 0) is 5.41 Å². The number of hydrogen-bond acceptors (Lipinski definition) is 5. The predicted octanol–water partition coefficient (Wildman–Crippen LogP) is 2.71. The molecule has 0 unspecified atom stereocenters. The number of aliphatic hydroxyl groups is 2. The fraction of sp³-hybridized carbons (Fsp3) is 0.250. The molecule has 22 heavy (non-hydrogen) atoms. The van der Waals surface area contributed by atoms with Crippen molar-refractivity contribution in [3.63, 3.8) is 0 Å². The quantitative estimate of drug-likeness (QED) is 0.418. The minimum atomic E-state index is -0.383. The van der Waals surface area contributed by atoms with Crippen LogP contribution in [0.1, 0.15) is 26.3 Å². The SMILES string of the molecule is CC(C)(C)c1ccc([N+](=O)[O-])cc1.N.OC#CC#CC#CO. The molecule has 0 spiro atoms. The molecule has 0 fully saturated rings. The first-order valence-electron chi connectivity index (χ1n) is 5.86. The summed E-state index contributed by atoms with van der Waals surface area (Å²) in [5.41, 5.74) is 1.31. The van der Waals surface area contributed by atoms with Gasteiger partial charge in [0.05, 0.1) is 4.92 Å². The lowest BCUT2D eigenvalue weighted by Gasteiger charge is -2.18. The van der Waals surface area contributed by atoms with Gasteiger partial charge in [0.25, 0.3) is 5.69 Å². The molecule has 0 aromatic heterocycles. The van der Waals surface area contributed by atoms with E-state index in [1.54, 1.807) is 36.5 Å². The van der Waals surface area contributed by atoms with Gasteiger partial charge in [-0.05, 0) is 11.0 Å². The second-order valence-electron chi connectivity index (χ2n) is 4.78. The van der Waals surface area contributed by atoms with E-state index < -0.39 is 0 Å². The number of non-ortho nitro benzene ring substituents is 1. The largest absolute Gasteiger partial charge is 0.461 e. The van der Waals surface area contributed by atoms with Crippen LogP contribution in [0.3, 0.4) is 0 Å². The highest BCUT2D eigenvalue weighted by atomic mass is 16.6. The van der Waals surface area contributed by atoms with E-state index in [1.165, 1.54) is 0 Å². The molecule has 0 saturated carbocycles. The van der Waals surface area contributed by atoms with E-state index in [4.69, 9.17) is 10.2 Å². The Morgan fingerprint density at radius 1 is 0.955 bits per heavy atom. The van der Waals surface area contributed by atoms with Crippen LogP contribution in [0.2, 0.25) is 0 Å². The van der Waals surface area contributed by atoms with Crippen molar-refractivity contribution in [2.45, 2.75) is 26.2 Å². The summed E-state index contributed by atoms with van der Waals surface area (Å²) in [6.45, 7) is 6.23. The maximum atomic E-state index is 10.4. The molecule has 0 radical (unpaired) electrons. The van der Waals surface area contributed by atoms with Crippen molar-refractivity contribution in [1.29, 1.82) is 0 Å². The van der Waals surface area contributed by atoms with E-state index in [-0.39, 0.29) is 22.2 Å². The number of rotatable bonds is 1. The van der Waals surface area contributed by atoms with Crippen molar-refractivity contribution in [3.8, 4) is 35.9 Å². The average Bonchev–Trinajstić information content (AvgIpc) is 2.43. The van der Waals surface area contributed by atoms with E-state index in [1.807, 2.05) is 11.8 Å². The van der Waals surface area contributed by atoms with Gasteiger partial charge in [-0.3, -0.25) is 10.1 Å². The first-order chi connectivity index (χ1) is 9.82. The van der Waals surface area contributed by atoms with Crippen molar-refractivity contribution in [1.82, 2.24) is 6.15 Å². The second-order valence-corrected chi connectivity index (χ2v) is 4.78. The molecular weight excluding hydrogens is 284 g/mol. The predicted molar refractivity (Wildman–Crippen MR) is 84.0 cm³/mol. The molecular formula is C16H18N2O4. The molecule has 0 amide bonds. The molecule has 6 nitrogen and oxygen atoms in total. The first-order valence-corrected chi connectivity index (χ1v) is 5.86. The maximum Gasteiger partial charge on any atom is 0.269 e. The summed E-state index contributed by atoms with van der Waals surface area (Å²) in [5, 5.41) is 26.0. The molecule has 0 heterocycles. The summed E-state index contributed by atoms with van der Waals surface area (Å²) >= 11 is 0. The Morgan fingerprint density at radius 3 is 1.64 bits per heavy atom. The van der Waals surface area contributed by atoms with Gasteiger partial charge in [0.1, 0.15) is 12.2 Å². The highest BCUT2D eigenvalue weighted by Crippen LogP contribution is 2.23. The second kappa shape index (κ2) is 10.6. The van der Waals surface area contributed by atoms with Crippen molar-refractivity contribution in [2.24, 2.45) is 0 Å². The van der Waals surface area contributed by atoms with Crippen LogP contribution < -0.4 is 6.15 Å². The molecule has 116 valence electrons. The van der Waals surface area contributed by atoms with Crippen LogP contribution in [0.25, 0.3) is 0 Å². The van der Waals surface area contributed by atoms with Crippen molar-refractivity contribution in [2.75, 3.05) is 0 Å². The standard InChI is InChI=1S/C10H13NO2.C6H2O2.H3N/c1-10(2,3)8-4-6-9(7-5-8)11(12)13;7-5-3-1-2-4-6-8;/h4-7H,1-3H3;7-8H;1H3. The third kappa shape index (κ3) is 8.87. The normalized spacial score (nSPS) is 7.95. The summed E-state index contributed by atoms with van der Waals surface area (Å²) in [7, 11) is 0. The highest BCUT2D eigenvalue weighted by Gasteiger charge is 2.14. The van der Waals surface area contributed by atoms with Gasteiger partial charge >= 0.3 is 0 Å². The molecule has 0 aliphatic rings. The van der Waals surface area contributed by atoms with Crippen LogP contribution in [0.5, 0.6) is 0 Å². The Balaban J connectivity index is 0. The van der Waals surface area contributed by atoms with Gasteiger partial charge in [0, 0.05) is 35.8 Å². The van der Waals surface area contributed by atoms with Gasteiger partial charge in [0.2, 0.25) is 0 Å². The zero-order valence-electron chi connectivity index (χ0n) is 12.7. The third-order valence-electron chi connectivity index (χ3n) is 2.24. The first kappa shape index (κ1) is 21.2. The molecule has 0 bridgehead atoms. The van der Waals surface area contributed by atoms with E-state index >= 15 is 0 Å². The van der Waals surface area contributed by atoms with Gasteiger partial charge in [-0.25, -0.2) is 0 Å². The molecule has 1 rings (SSSR count). The molecule has 1 aromatic rings. The van der Waals surface area contributed by atoms with Crippen LogP contribution in [0.4, 0.5) is 5.69 Å². The van der Waals surface area contributed by atoms with E-state index in [0.29, 0.717) is 0 Å². The Bertz CT molecular complexity index is 630. The fourth-order valence-corrected chi connectivity index (χ4v) is 1.20. The molecule has 1 aromatic carbocycles. The number of aliphatic hydroxyl groups excluding tert-OH is 2. The van der Waals surface area contributed by atoms with Gasteiger partial charge in [-0.1, -0.05) is 32.9 Å². The minimum absolute atomic E-state index is 0. The van der Waals surface area contributed by atoms with Gasteiger partial charge in [-0.2, -0.15) is 0 Å². The molecule has 0 aliphatic carbocycles. The summed E-state index contributed by atoms with van der Waals surface area (Å²) in [4.78, 5) is 9.98. The van der Waals surface area contributed by atoms with Crippen LogP contribution in [0, 0.1) is 46.0 Å². The number of nitro benzene ring substituents is 1. The highest BCUT2D eigenvalue weighted by molar-refractivity contribution is 5.35. The summed E-state index contributed by atoms with van der Waals surface area (Å²) in [6.07, 6.45) is 3.11. The number of hydrogen-bond donors (Lipinski definition) is 3. The summed E-state index contributed by atoms with van der Waals surface area (Å²) in [5.74, 6) is 8.31. The van der Waals surface area contributed by atoms with E-state index in [9.17, 15) is 10.1 Å². The lowest BCUT2D eigenvalue weighted by Crippen LogP contribution is -2.10. The minimum Gasteiger partial charge on any atom is -0.461 e. The topological polar surface area (TPSA) is 119 Å². The molecule has 0 aliphatic heterocycles. The Labute approximate surface area is 129 Å². The van der Waals surface area contributed by atoms with Gasteiger partial charge in [0.15, 0.2) is 0 Å². The van der Waals surface area contributed by atoms with Crippen molar-refractivity contribution >= 4 is 5.69 Å². The lowest BCUT2D eigenvalue weighted by molar-refractivity contribution is -0.384. The Morgan fingerprint density at radius 2 is 1.36 bits per heavy atom. The maximum absolute atomic E-state index is 10.4. The fourth-order valence-electron chi connectivity index (χ4n) is 1.20.